The number of aryl methyl sites for hydroxylation is 2. The van der Waals surface area contributed by atoms with Gasteiger partial charge in [-0.25, -0.2) is 8.42 Å². The van der Waals surface area contributed by atoms with Gasteiger partial charge in [-0.3, -0.25) is 13.9 Å². The Morgan fingerprint density at radius 1 is 0.930 bits per heavy atom. The van der Waals surface area contributed by atoms with Crippen LogP contribution in [0.25, 0.3) is 0 Å². The Morgan fingerprint density at radius 3 is 2.28 bits per heavy atom. The molecule has 1 aliphatic carbocycles. The number of hydrogen-bond acceptors (Lipinski definition) is 4. The van der Waals surface area contributed by atoms with E-state index in [2.05, 4.69) is 5.32 Å². The monoisotopic (exact) mass is 623 g/mol. The van der Waals surface area contributed by atoms with Gasteiger partial charge in [0, 0.05) is 37.0 Å². The molecule has 0 radical (unpaired) electrons. The molecule has 0 spiro atoms. The van der Waals surface area contributed by atoms with E-state index >= 15 is 0 Å². The van der Waals surface area contributed by atoms with Crippen LogP contribution in [0, 0.1) is 13.8 Å². The fourth-order valence-corrected chi connectivity index (χ4v) is 6.81. The second kappa shape index (κ2) is 14.9. The maximum absolute atomic E-state index is 14.0. The van der Waals surface area contributed by atoms with E-state index in [4.69, 9.17) is 11.6 Å². The van der Waals surface area contributed by atoms with E-state index in [0.29, 0.717) is 23.6 Å². The molecule has 3 aromatic rings. The van der Waals surface area contributed by atoms with E-state index in [1.54, 1.807) is 23.1 Å². The van der Waals surface area contributed by atoms with Gasteiger partial charge in [0.15, 0.2) is 0 Å². The van der Waals surface area contributed by atoms with Gasteiger partial charge in [-0.15, -0.1) is 0 Å². The highest BCUT2D eigenvalue weighted by atomic mass is 35.5. The Balaban J connectivity index is 1.59. The second-order valence-corrected chi connectivity index (χ2v) is 13.9. The Hall–Kier alpha value is -3.36. The predicted molar refractivity (Wildman–Crippen MR) is 174 cm³/mol. The first kappa shape index (κ1) is 32.6. The van der Waals surface area contributed by atoms with Crippen molar-refractivity contribution in [2.45, 2.75) is 77.4 Å². The zero-order valence-corrected chi connectivity index (χ0v) is 26.8. The Bertz CT molecular complexity index is 1510. The van der Waals surface area contributed by atoms with Crippen molar-refractivity contribution in [2.75, 3.05) is 17.1 Å². The molecule has 1 unspecified atom stereocenters. The summed E-state index contributed by atoms with van der Waals surface area (Å²) >= 11 is 6.29. The molecule has 9 heteroatoms. The lowest BCUT2D eigenvalue weighted by atomic mass is 10.0. The van der Waals surface area contributed by atoms with E-state index in [-0.39, 0.29) is 37.4 Å². The standard InChI is InChI=1S/C34H42ClN3O4S/c1-25-18-19-31(21-26(25)2)38(43(3,41)42)20-10-17-33(39)37(24-28-13-9-14-29(35)22-28)32(23-27-11-5-4-6-12-27)34(40)36-30-15-7-8-16-30/h4-6,9,11-14,18-19,21-22,30,32H,7-8,10,15-17,20,23-24H2,1-3H3,(H,36,40). The maximum atomic E-state index is 14.0. The summed E-state index contributed by atoms with van der Waals surface area (Å²) in [6.07, 6.45) is 5.96. The minimum Gasteiger partial charge on any atom is -0.352 e. The molecule has 1 N–H and O–H groups in total. The van der Waals surface area contributed by atoms with Gasteiger partial charge in [0.1, 0.15) is 6.04 Å². The second-order valence-electron chi connectivity index (χ2n) is 11.6. The molecular formula is C34H42ClN3O4S. The van der Waals surface area contributed by atoms with Crippen LogP contribution in [0.5, 0.6) is 0 Å². The number of carbonyl (C=O) groups excluding carboxylic acids is 2. The first-order valence-electron chi connectivity index (χ1n) is 14.9. The third-order valence-electron chi connectivity index (χ3n) is 8.15. The molecule has 4 rings (SSSR count). The molecule has 3 aromatic carbocycles. The number of rotatable bonds is 13. The average molecular weight is 624 g/mol. The van der Waals surface area contributed by atoms with Crippen molar-refractivity contribution in [3.63, 3.8) is 0 Å². The minimum absolute atomic E-state index is 0.0828. The SMILES string of the molecule is Cc1ccc(N(CCCC(=O)N(Cc2cccc(Cl)c2)C(Cc2ccccc2)C(=O)NC2CCCC2)S(C)(=O)=O)cc1C. The van der Waals surface area contributed by atoms with Gasteiger partial charge >= 0.3 is 0 Å². The smallest absolute Gasteiger partial charge is 0.243 e. The highest BCUT2D eigenvalue weighted by molar-refractivity contribution is 7.92. The van der Waals surface area contributed by atoms with E-state index in [1.165, 1.54) is 10.6 Å². The van der Waals surface area contributed by atoms with E-state index < -0.39 is 16.1 Å². The zero-order valence-electron chi connectivity index (χ0n) is 25.3. The normalized spacial score (nSPS) is 14.3. The summed E-state index contributed by atoms with van der Waals surface area (Å²) in [4.78, 5) is 29.5. The van der Waals surface area contributed by atoms with Crippen LogP contribution in [0.3, 0.4) is 0 Å². The molecule has 1 atom stereocenters. The molecule has 7 nitrogen and oxygen atoms in total. The van der Waals surface area contributed by atoms with Crippen molar-refractivity contribution in [3.8, 4) is 0 Å². The molecule has 0 heterocycles. The van der Waals surface area contributed by atoms with Crippen LogP contribution in [0.15, 0.2) is 72.8 Å². The van der Waals surface area contributed by atoms with Gasteiger partial charge in [0.05, 0.1) is 11.9 Å². The third kappa shape index (κ3) is 9.31. The number of halogens is 1. The molecule has 2 amide bonds. The molecule has 230 valence electrons. The number of nitrogens with one attached hydrogen (secondary N) is 1. The Kier molecular flexibility index (Phi) is 11.3. The summed E-state index contributed by atoms with van der Waals surface area (Å²) in [6, 6.07) is 21.9. The van der Waals surface area contributed by atoms with Crippen LogP contribution in [0.2, 0.25) is 5.02 Å². The molecule has 0 bridgehead atoms. The number of carbonyl (C=O) groups is 2. The number of hydrogen-bond donors (Lipinski definition) is 1. The summed E-state index contributed by atoms with van der Waals surface area (Å²) in [5.74, 6) is -0.380. The summed E-state index contributed by atoms with van der Waals surface area (Å²) in [5, 5.41) is 3.76. The van der Waals surface area contributed by atoms with Crippen LogP contribution >= 0.6 is 11.6 Å². The van der Waals surface area contributed by atoms with Gasteiger partial charge in [-0.05, 0) is 79.6 Å². The van der Waals surface area contributed by atoms with Gasteiger partial charge in [-0.2, -0.15) is 0 Å². The zero-order chi connectivity index (χ0) is 31.0. The number of anilines is 1. The van der Waals surface area contributed by atoms with Crippen LogP contribution in [0.4, 0.5) is 5.69 Å². The fourth-order valence-electron chi connectivity index (χ4n) is 5.64. The summed E-state index contributed by atoms with van der Waals surface area (Å²) in [5.41, 5.74) is 4.42. The summed E-state index contributed by atoms with van der Waals surface area (Å²) in [7, 11) is -3.57. The van der Waals surface area contributed by atoms with Gasteiger partial charge in [-0.1, -0.05) is 73.0 Å². The number of sulfonamides is 1. The average Bonchev–Trinajstić information content (AvgIpc) is 3.47. The van der Waals surface area contributed by atoms with Crippen molar-refractivity contribution in [1.82, 2.24) is 10.2 Å². The minimum atomic E-state index is -3.57. The van der Waals surface area contributed by atoms with E-state index in [0.717, 1.165) is 47.9 Å². The predicted octanol–water partition coefficient (Wildman–Crippen LogP) is 6.20. The Morgan fingerprint density at radius 2 is 1.63 bits per heavy atom. The lowest BCUT2D eigenvalue weighted by Gasteiger charge is -2.33. The van der Waals surface area contributed by atoms with Crippen molar-refractivity contribution in [2.24, 2.45) is 0 Å². The van der Waals surface area contributed by atoms with Crippen LogP contribution < -0.4 is 9.62 Å². The van der Waals surface area contributed by atoms with Crippen LogP contribution in [-0.4, -0.2) is 50.0 Å². The molecule has 1 aliphatic rings. The molecular weight excluding hydrogens is 582 g/mol. The first-order chi connectivity index (χ1) is 20.5. The molecule has 43 heavy (non-hydrogen) atoms. The van der Waals surface area contributed by atoms with Gasteiger partial charge < -0.3 is 10.2 Å². The maximum Gasteiger partial charge on any atom is 0.243 e. The fraction of sp³-hybridized carbons (Fsp3) is 0.412. The van der Waals surface area contributed by atoms with Crippen molar-refractivity contribution in [3.05, 3.63) is 100 Å². The topological polar surface area (TPSA) is 86.8 Å². The molecule has 0 aliphatic heterocycles. The summed E-state index contributed by atoms with van der Waals surface area (Å²) < 4.78 is 26.8. The van der Waals surface area contributed by atoms with Crippen LogP contribution in [0.1, 0.15) is 60.8 Å². The highest BCUT2D eigenvalue weighted by Gasteiger charge is 2.32. The van der Waals surface area contributed by atoms with Crippen LogP contribution in [-0.2, 0) is 32.6 Å². The Labute approximate surface area is 261 Å². The van der Waals surface area contributed by atoms with Crippen molar-refractivity contribution >= 4 is 39.1 Å². The summed E-state index contributed by atoms with van der Waals surface area (Å²) in [6.45, 7) is 4.28. The molecule has 1 saturated carbocycles. The molecule has 0 saturated heterocycles. The van der Waals surface area contributed by atoms with Gasteiger partial charge in [0.25, 0.3) is 0 Å². The van der Waals surface area contributed by atoms with Gasteiger partial charge in [0.2, 0.25) is 21.8 Å². The van der Waals surface area contributed by atoms with Crippen molar-refractivity contribution < 1.29 is 18.0 Å². The van der Waals surface area contributed by atoms with E-state index in [9.17, 15) is 18.0 Å². The lowest BCUT2D eigenvalue weighted by molar-refractivity contribution is -0.141. The number of amides is 2. The molecule has 1 fully saturated rings. The quantitative estimate of drug-likeness (QED) is 0.246. The highest BCUT2D eigenvalue weighted by Crippen LogP contribution is 2.24. The van der Waals surface area contributed by atoms with Crippen molar-refractivity contribution in [1.29, 1.82) is 0 Å². The first-order valence-corrected chi connectivity index (χ1v) is 17.2. The third-order valence-corrected chi connectivity index (χ3v) is 9.57. The molecule has 0 aromatic heterocycles. The number of nitrogens with zero attached hydrogens (tertiary/aromatic N) is 2. The lowest BCUT2D eigenvalue weighted by Crippen LogP contribution is -2.52. The largest absolute Gasteiger partial charge is 0.352 e. The number of benzene rings is 3. The van der Waals surface area contributed by atoms with E-state index in [1.807, 2.05) is 68.4 Å².